The van der Waals surface area contributed by atoms with Crippen LogP contribution in [0.25, 0.3) is 87.8 Å². The highest BCUT2D eigenvalue weighted by molar-refractivity contribution is 6.33. The Hall–Kier alpha value is -5.86. The van der Waals surface area contributed by atoms with E-state index in [0.717, 1.165) is 0 Å². The Morgan fingerprint density at radius 1 is 0.341 bits per heavy atom. The van der Waals surface area contributed by atoms with Gasteiger partial charge in [-0.3, -0.25) is 0 Å². The van der Waals surface area contributed by atoms with Gasteiger partial charge in [0.1, 0.15) is 0 Å². The van der Waals surface area contributed by atoms with E-state index in [2.05, 4.69) is 167 Å². The van der Waals surface area contributed by atoms with Gasteiger partial charge in [0.15, 0.2) is 0 Å². The lowest BCUT2D eigenvalue weighted by Gasteiger charge is -2.14. The molecule has 0 bridgehead atoms. The SMILES string of the molecule is c1ccc(-c2ccc3c(c2)c2ccc4c5c6c(cccc6n4-c4ccccc4-c4ccccc4)c4ccccc4n3c25)cc1. The van der Waals surface area contributed by atoms with Crippen molar-refractivity contribution in [3.05, 3.63) is 158 Å². The normalized spacial score (nSPS) is 12.1. The first-order chi connectivity index (χ1) is 21.9. The Kier molecular flexibility index (Phi) is 4.75. The number of aromatic nitrogens is 2. The van der Waals surface area contributed by atoms with Gasteiger partial charge in [0.2, 0.25) is 0 Å². The summed E-state index contributed by atoms with van der Waals surface area (Å²) in [6.07, 6.45) is 0. The average Bonchev–Trinajstić information content (AvgIpc) is 3.57. The first-order valence-electron chi connectivity index (χ1n) is 15.2. The lowest BCUT2D eigenvalue weighted by atomic mass is 10.0. The Labute approximate surface area is 254 Å². The Bertz CT molecular complexity index is 2690. The van der Waals surface area contributed by atoms with Gasteiger partial charge in [-0.2, -0.15) is 0 Å². The minimum absolute atomic E-state index is 1.19. The van der Waals surface area contributed by atoms with E-state index in [4.69, 9.17) is 0 Å². The van der Waals surface area contributed by atoms with Gasteiger partial charge in [-0.15, -0.1) is 0 Å². The topological polar surface area (TPSA) is 9.34 Å². The van der Waals surface area contributed by atoms with Crippen LogP contribution in [0.4, 0.5) is 0 Å². The molecule has 3 aromatic heterocycles. The molecule has 0 aliphatic rings. The highest BCUT2D eigenvalue weighted by Crippen LogP contribution is 2.46. The number of fused-ring (bicyclic) bond motifs is 6. The lowest BCUT2D eigenvalue weighted by Crippen LogP contribution is -1.97. The number of hydrogen-bond acceptors (Lipinski definition) is 0. The molecule has 204 valence electrons. The van der Waals surface area contributed by atoms with Crippen LogP contribution in [0.1, 0.15) is 0 Å². The van der Waals surface area contributed by atoms with Crippen LogP contribution in [0.3, 0.4) is 0 Å². The van der Waals surface area contributed by atoms with E-state index in [-0.39, 0.29) is 0 Å². The molecule has 0 radical (unpaired) electrons. The first-order valence-corrected chi connectivity index (χ1v) is 15.2. The molecule has 0 saturated carbocycles. The van der Waals surface area contributed by atoms with Crippen molar-refractivity contribution in [3.63, 3.8) is 0 Å². The Morgan fingerprint density at radius 2 is 0.977 bits per heavy atom. The molecule has 0 atom stereocenters. The third-order valence-electron chi connectivity index (χ3n) is 9.45. The summed E-state index contributed by atoms with van der Waals surface area (Å²) < 4.78 is 5.01. The van der Waals surface area contributed by atoms with Gasteiger partial charge in [0.05, 0.1) is 33.3 Å². The van der Waals surface area contributed by atoms with Crippen LogP contribution in [0, 0.1) is 0 Å². The molecule has 2 heteroatoms. The molecule has 3 heterocycles. The van der Waals surface area contributed by atoms with E-state index in [1.54, 1.807) is 0 Å². The van der Waals surface area contributed by atoms with Crippen molar-refractivity contribution in [2.45, 2.75) is 0 Å². The van der Waals surface area contributed by atoms with Crippen LogP contribution < -0.4 is 0 Å². The zero-order chi connectivity index (χ0) is 28.8. The largest absolute Gasteiger partial charge is 0.309 e. The maximum absolute atomic E-state index is 2.52. The molecule has 0 spiro atoms. The zero-order valence-corrected chi connectivity index (χ0v) is 23.9. The van der Waals surface area contributed by atoms with Gasteiger partial charge < -0.3 is 8.97 Å². The summed E-state index contributed by atoms with van der Waals surface area (Å²) in [4.78, 5) is 0. The average molecular weight is 559 g/mol. The van der Waals surface area contributed by atoms with Crippen LogP contribution in [0.5, 0.6) is 0 Å². The molecular formula is C42H26N2. The third kappa shape index (κ3) is 3.09. The molecule has 0 N–H and O–H groups in total. The minimum Gasteiger partial charge on any atom is -0.309 e. The molecule has 0 unspecified atom stereocenters. The monoisotopic (exact) mass is 558 g/mol. The third-order valence-corrected chi connectivity index (χ3v) is 9.45. The summed E-state index contributed by atoms with van der Waals surface area (Å²) in [5, 5.41) is 7.73. The smallest absolute Gasteiger partial charge is 0.0641 e. The quantitative estimate of drug-likeness (QED) is 0.204. The van der Waals surface area contributed by atoms with Crippen molar-refractivity contribution >= 4 is 59.9 Å². The van der Waals surface area contributed by atoms with Crippen LogP contribution in [-0.4, -0.2) is 8.97 Å². The van der Waals surface area contributed by atoms with Gasteiger partial charge in [-0.1, -0.05) is 121 Å². The van der Waals surface area contributed by atoms with Crippen LogP contribution in [0.15, 0.2) is 158 Å². The van der Waals surface area contributed by atoms with Crippen molar-refractivity contribution in [2.24, 2.45) is 0 Å². The van der Waals surface area contributed by atoms with Gasteiger partial charge in [-0.05, 0) is 58.5 Å². The second-order valence-electron chi connectivity index (χ2n) is 11.7. The summed E-state index contributed by atoms with van der Waals surface area (Å²) >= 11 is 0. The maximum atomic E-state index is 2.52. The number of rotatable bonds is 3. The summed E-state index contributed by atoms with van der Waals surface area (Å²) in [5.74, 6) is 0. The van der Waals surface area contributed by atoms with E-state index < -0.39 is 0 Å². The first kappa shape index (κ1) is 23.7. The van der Waals surface area contributed by atoms with Gasteiger partial charge in [0, 0.05) is 32.5 Å². The number of benzene rings is 7. The summed E-state index contributed by atoms with van der Waals surface area (Å²) in [7, 11) is 0. The zero-order valence-electron chi connectivity index (χ0n) is 23.9. The van der Waals surface area contributed by atoms with Gasteiger partial charge in [0.25, 0.3) is 0 Å². The molecule has 44 heavy (non-hydrogen) atoms. The molecule has 10 aromatic rings. The molecule has 0 amide bonds. The van der Waals surface area contributed by atoms with Crippen LogP contribution in [-0.2, 0) is 0 Å². The molecule has 7 aromatic carbocycles. The van der Waals surface area contributed by atoms with E-state index in [9.17, 15) is 0 Å². The molecule has 2 nitrogen and oxygen atoms in total. The van der Waals surface area contributed by atoms with Gasteiger partial charge >= 0.3 is 0 Å². The number of nitrogens with zero attached hydrogens (tertiary/aromatic N) is 2. The van der Waals surface area contributed by atoms with E-state index in [1.807, 2.05) is 0 Å². The Morgan fingerprint density at radius 3 is 1.84 bits per heavy atom. The second kappa shape index (κ2) is 8.82. The van der Waals surface area contributed by atoms with Crippen molar-refractivity contribution < 1.29 is 0 Å². The lowest BCUT2D eigenvalue weighted by molar-refractivity contribution is 1.18. The fraction of sp³-hybridized carbons (Fsp3) is 0. The molecule has 0 aliphatic heterocycles. The summed E-state index contributed by atoms with van der Waals surface area (Å²) in [5.41, 5.74) is 12.3. The maximum Gasteiger partial charge on any atom is 0.0641 e. The van der Waals surface area contributed by atoms with Crippen molar-refractivity contribution in [1.82, 2.24) is 8.97 Å². The molecule has 0 aliphatic carbocycles. The molecular weight excluding hydrogens is 532 g/mol. The standard InChI is InChI=1S/C42H26N2/c1-3-12-27(13-4-1)29-22-24-37-34(26-29)33-23-25-39-41-40-32(31-17-8-10-20-36(31)44(37)42(33)41)18-11-21-38(40)43(39)35-19-9-7-16-30(35)28-14-5-2-6-15-28/h1-26H. The highest BCUT2D eigenvalue weighted by Gasteiger charge is 2.24. The van der Waals surface area contributed by atoms with Crippen molar-refractivity contribution in [2.75, 3.05) is 0 Å². The summed E-state index contributed by atoms with van der Waals surface area (Å²) in [6.45, 7) is 0. The minimum atomic E-state index is 1.19. The van der Waals surface area contributed by atoms with Gasteiger partial charge in [-0.25, -0.2) is 0 Å². The number of hydrogen-bond donors (Lipinski definition) is 0. The molecule has 0 saturated heterocycles. The Balaban J connectivity index is 1.44. The fourth-order valence-corrected chi connectivity index (χ4v) is 7.62. The predicted octanol–water partition coefficient (Wildman–Crippen LogP) is 11.3. The van der Waals surface area contributed by atoms with Crippen molar-refractivity contribution in [1.29, 1.82) is 0 Å². The predicted molar refractivity (Wildman–Crippen MR) is 186 cm³/mol. The van der Waals surface area contributed by atoms with Crippen LogP contribution >= 0.6 is 0 Å². The van der Waals surface area contributed by atoms with E-state index in [0.29, 0.717) is 0 Å². The molecule has 0 fully saturated rings. The van der Waals surface area contributed by atoms with Crippen molar-refractivity contribution in [3.8, 4) is 27.9 Å². The van der Waals surface area contributed by atoms with E-state index >= 15 is 0 Å². The number of para-hydroxylation sites is 2. The van der Waals surface area contributed by atoms with E-state index in [1.165, 1.54) is 87.8 Å². The molecule has 10 rings (SSSR count). The second-order valence-corrected chi connectivity index (χ2v) is 11.7. The van der Waals surface area contributed by atoms with Crippen LogP contribution in [0.2, 0.25) is 0 Å². The highest BCUT2D eigenvalue weighted by atomic mass is 15.0. The summed E-state index contributed by atoms with van der Waals surface area (Å²) in [6, 6.07) is 57.6. The fourth-order valence-electron chi connectivity index (χ4n) is 7.62.